The van der Waals surface area contributed by atoms with Gasteiger partial charge in [0, 0.05) is 23.1 Å². The lowest BCUT2D eigenvalue weighted by Gasteiger charge is -2.33. The zero-order valence-corrected chi connectivity index (χ0v) is 25.9. The Hall–Kier alpha value is -3.27. The highest BCUT2D eigenvalue weighted by atomic mass is 35.5. The Morgan fingerprint density at radius 1 is 0.951 bits per heavy atom. The van der Waals surface area contributed by atoms with E-state index in [-0.39, 0.29) is 23.0 Å². The van der Waals surface area contributed by atoms with Gasteiger partial charge in [0.15, 0.2) is 0 Å². The van der Waals surface area contributed by atoms with Crippen LogP contribution < -0.4 is 14.4 Å². The number of benzene rings is 3. The quantitative estimate of drug-likeness (QED) is 0.259. The molecule has 0 bridgehead atoms. The SMILES string of the molecule is CCNC(=O)[C@@H](CC)N(Cc1ccc(Cl)cc1Cl)C(=O)CN(c1ccc(OCC)cc1)S(=O)(=O)c1ccc(C)cc1. The molecule has 0 radical (unpaired) electrons. The first kappa shape index (κ1) is 32.2. The summed E-state index contributed by atoms with van der Waals surface area (Å²) < 4.78 is 34.5. The first-order chi connectivity index (χ1) is 19.5. The maximum atomic E-state index is 14.1. The van der Waals surface area contributed by atoms with Gasteiger partial charge in [0.05, 0.1) is 17.2 Å². The Morgan fingerprint density at radius 2 is 1.61 bits per heavy atom. The van der Waals surface area contributed by atoms with Gasteiger partial charge >= 0.3 is 0 Å². The van der Waals surface area contributed by atoms with Crippen LogP contribution in [0.15, 0.2) is 71.6 Å². The average Bonchev–Trinajstić information content (AvgIpc) is 2.93. The lowest BCUT2D eigenvalue weighted by molar-refractivity contribution is -0.140. The van der Waals surface area contributed by atoms with Crippen LogP contribution in [-0.4, -0.2) is 50.9 Å². The van der Waals surface area contributed by atoms with Crippen molar-refractivity contribution in [2.24, 2.45) is 0 Å². The summed E-state index contributed by atoms with van der Waals surface area (Å²) >= 11 is 12.5. The van der Waals surface area contributed by atoms with Crippen molar-refractivity contribution >= 4 is 50.7 Å². The first-order valence-electron chi connectivity index (χ1n) is 13.3. The topological polar surface area (TPSA) is 96.0 Å². The second-order valence-corrected chi connectivity index (χ2v) is 12.0. The molecule has 1 N–H and O–H groups in total. The molecule has 0 saturated heterocycles. The predicted molar refractivity (Wildman–Crippen MR) is 163 cm³/mol. The van der Waals surface area contributed by atoms with Crippen LogP contribution in [0.4, 0.5) is 5.69 Å². The number of carbonyl (C=O) groups is 2. The molecule has 2 amide bonds. The summed E-state index contributed by atoms with van der Waals surface area (Å²) in [5.41, 5.74) is 1.74. The molecule has 0 unspecified atom stereocenters. The van der Waals surface area contributed by atoms with Crippen molar-refractivity contribution < 1.29 is 22.7 Å². The largest absolute Gasteiger partial charge is 0.494 e. The summed E-state index contributed by atoms with van der Waals surface area (Å²) in [5, 5.41) is 3.53. The second-order valence-electron chi connectivity index (χ2n) is 9.33. The van der Waals surface area contributed by atoms with E-state index in [4.69, 9.17) is 27.9 Å². The van der Waals surface area contributed by atoms with Gasteiger partial charge in [0.25, 0.3) is 10.0 Å². The molecule has 3 rings (SSSR count). The molecule has 1 atom stereocenters. The molecule has 0 aliphatic heterocycles. The minimum absolute atomic E-state index is 0.0217. The number of likely N-dealkylation sites (N-methyl/N-ethyl adjacent to an activating group) is 1. The molecule has 8 nitrogen and oxygen atoms in total. The van der Waals surface area contributed by atoms with E-state index in [1.165, 1.54) is 17.0 Å². The van der Waals surface area contributed by atoms with Crippen molar-refractivity contribution in [1.82, 2.24) is 10.2 Å². The predicted octanol–water partition coefficient (Wildman–Crippen LogP) is 5.84. The number of aryl methyl sites for hydroxylation is 1. The van der Waals surface area contributed by atoms with Crippen LogP contribution >= 0.6 is 23.2 Å². The zero-order valence-electron chi connectivity index (χ0n) is 23.6. The average molecular weight is 621 g/mol. The third kappa shape index (κ3) is 8.15. The van der Waals surface area contributed by atoms with Gasteiger partial charge in [-0.2, -0.15) is 0 Å². The van der Waals surface area contributed by atoms with Crippen molar-refractivity contribution in [1.29, 1.82) is 0 Å². The lowest BCUT2D eigenvalue weighted by atomic mass is 10.1. The number of rotatable bonds is 13. The molecule has 0 spiro atoms. The summed E-state index contributed by atoms with van der Waals surface area (Å²) in [6, 6.07) is 16.9. The number of ether oxygens (including phenoxy) is 1. The smallest absolute Gasteiger partial charge is 0.264 e. The number of hydrogen-bond acceptors (Lipinski definition) is 5. The van der Waals surface area contributed by atoms with E-state index in [1.54, 1.807) is 68.4 Å². The van der Waals surface area contributed by atoms with Gasteiger partial charge in [-0.15, -0.1) is 0 Å². The van der Waals surface area contributed by atoms with Gasteiger partial charge < -0.3 is 15.0 Å². The molecule has 3 aromatic carbocycles. The van der Waals surface area contributed by atoms with E-state index in [2.05, 4.69) is 5.32 Å². The number of anilines is 1. The summed E-state index contributed by atoms with van der Waals surface area (Å²) in [6.45, 7) is 7.53. The Balaban J connectivity index is 2.08. The zero-order chi connectivity index (χ0) is 30.2. The maximum Gasteiger partial charge on any atom is 0.264 e. The number of carbonyl (C=O) groups excluding carboxylic acids is 2. The number of halogens is 2. The molecule has 0 heterocycles. The molecule has 220 valence electrons. The molecular weight excluding hydrogens is 585 g/mol. The third-order valence-electron chi connectivity index (χ3n) is 6.42. The molecule has 0 aliphatic rings. The fraction of sp³-hybridized carbons (Fsp3) is 0.333. The van der Waals surface area contributed by atoms with Gasteiger partial charge in [-0.1, -0.05) is 53.9 Å². The van der Waals surface area contributed by atoms with Crippen LogP contribution in [0.5, 0.6) is 5.75 Å². The Morgan fingerprint density at radius 3 is 2.17 bits per heavy atom. The number of amides is 2. The van der Waals surface area contributed by atoms with Crippen LogP contribution in [0.3, 0.4) is 0 Å². The summed E-state index contributed by atoms with van der Waals surface area (Å²) in [6.07, 6.45) is 0.302. The molecule has 11 heteroatoms. The van der Waals surface area contributed by atoms with Gasteiger partial charge in [0.1, 0.15) is 18.3 Å². The summed E-state index contributed by atoms with van der Waals surface area (Å²) in [4.78, 5) is 28.5. The molecular formula is C30H35Cl2N3O5S. The summed E-state index contributed by atoms with van der Waals surface area (Å²) in [5.74, 6) is -0.349. The lowest BCUT2D eigenvalue weighted by Crippen LogP contribution is -2.52. The van der Waals surface area contributed by atoms with Crippen molar-refractivity contribution in [3.8, 4) is 5.75 Å². The molecule has 0 aliphatic carbocycles. The van der Waals surface area contributed by atoms with Crippen molar-refractivity contribution in [3.05, 3.63) is 87.9 Å². The van der Waals surface area contributed by atoms with Crippen molar-refractivity contribution in [2.75, 3.05) is 24.0 Å². The Labute approximate surface area is 252 Å². The standard InChI is InChI=1S/C30H35Cl2N3O5S/c1-5-28(30(37)33-6-2)34(19-22-10-11-23(31)18-27(22)32)29(36)20-35(24-12-14-25(15-13-24)40-7-3)41(38,39)26-16-8-21(4)9-17-26/h8-18,28H,5-7,19-20H2,1-4H3,(H,33,37)/t28-/m1/s1. The van der Waals surface area contributed by atoms with E-state index in [9.17, 15) is 18.0 Å². The van der Waals surface area contributed by atoms with Gasteiger partial charge in [0.2, 0.25) is 11.8 Å². The third-order valence-corrected chi connectivity index (χ3v) is 8.79. The second kappa shape index (κ2) is 14.6. The normalized spacial score (nSPS) is 12.0. The van der Waals surface area contributed by atoms with E-state index < -0.39 is 28.5 Å². The minimum atomic E-state index is -4.17. The van der Waals surface area contributed by atoms with Crippen LogP contribution in [0.1, 0.15) is 38.3 Å². The Bertz CT molecular complexity index is 1450. The van der Waals surface area contributed by atoms with E-state index in [0.29, 0.717) is 40.9 Å². The van der Waals surface area contributed by atoms with Crippen LogP contribution in [-0.2, 0) is 26.2 Å². The van der Waals surface area contributed by atoms with Gasteiger partial charge in [-0.05, 0) is 81.3 Å². The van der Waals surface area contributed by atoms with E-state index in [1.807, 2.05) is 13.8 Å². The fourth-order valence-electron chi connectivity index (χ4n) is 4.29. The highest BCUT2D eigenvalue weighted by molar-refractivity contribution is 7.92. The fourth-order valence-corrected chi connectivity index (χ4v) is 6.17. The number of hydrogen-bond donors (Lipinski definition) is 1. The molecule has 0 saturated carbocycles. The number of sulfonamides is 1. The van der Waals surface area contributed by atoms with Crippen LogP contribution in [0.2, 0.25) is 10.0 Å². The number of nitrogens with zero attached hydrogens (tertiary/aromatic N) is 2. The van der Waals surface area contributed by atoms with Crippen molar-refractivity contribution in [3.63, 3.8) is 0 Å². The van der Waals surface area contributed by atoms with Crippen molar-refractivity contribution in [2.45, 2.75) is 51.6 Å². The van der Waals surface area contributed by atoms with Crippen LogP contribution in [0.25, 0.3) is 0 Å². The highest BCUT2D eigenvalue weighted by Gasteiger charge is 2.34. The maximum absolute atomic E-state index is 14.1. The first-order valence-corrected chi connectivity index (χ1v) is 15.5. The van der Waals surface area contributed by atoms with Crippen LogP contribution in [0, 0.1) is 6.92 Å². The molecule has 41 heavy (non-hydrogen) atoms. The van der Waals surface area contributed by atoms with Gasteiger partial charge in [-0.3, -0.25) is 13.9 Å². The van der Waals surface area contributed by atoms with Gasteiger partial charge in [-0.25, -0.2) is 8.42 Å². The molecule has 0 fully saturated rings. The Kier molecular flexibility index (Phi) is 11.5. The monoisotopic (exact) mass is 619 g/mol. The molecule has 3 aromatic rings. The molecule has 0 aromatic heterocycles. The van der Waals surface area contributed by atoms with E-state index in [0.717, 1.165) is 9.87 Å². The number of nitrogens with one attached hydrogen (secondary N) is 1. The summed E-state index contributed by atoms with van der Waals surface area (Å²) in [7, 11) is -4.17. The highest BCUT2D eigenvalue weighted by Crippen LogP contribution is 2.28. The van der Waals surface area contributed by atoms with E-state index >= 15 is 0 Å². The minimum Gasteiger partial charge on any atom is -0.494 e.